The number of pyridine rings is 2. The summed E-state index contributed by atoms with van der Waals surface area (Å²) in [6.45, 7) is 0. The zero-order valence-corrected chi connectivity index (χ0v) is 21.9. The summed E-state index contributed by atoms with van der Waals surface area (Å²) in [4.78, 5) is 10.3. The first kappa shape index (κ1) is 22.8. The van der Waals surface area contributed by atoms with E-state index in [1.165, 1.54) is 17.1 Å². The molecule has 3 heterocycles. The third-order valence-electron chi connectivity index (χ3n) is 6.31. The Hall–Kier alpha value is -3.66. The summed E-state index contributed by atoms with van der Waals surface area (Å²) in [6, 6.07) is 36.0. The van der Waals surface area contributed by atoms with Crippen molar-refractivity contribution in [1.82, 2.24) is 14.5 Å². The topological polar surface area (TPSA) is 50.9 Å². The van der Waals surface area contributed by atoms with Crippen molar-refractivity contribution < 1.29 is 26.2 Å². The maximum Gasteiger partial charge on any atom is 0.142 e. The fourth-order valence-corrected chi connectivity index (χ4v) is 5.55. The monoisotopic (exact) mass is 663 g/mol. The van der Waals surface area contributed by atoms with E-state index in [0.29, 0.717) is 5.52 Å². The number of phenolic OH excluding ortho intramolecular Hbond substituents is 1. The van der Waals surface area contributed by atoms with E-state index < -0.39 is 0 Å². The Morgan fingerprint density at radius 1 is 0.750 bits per heavy atom. The van der Waals surface area contributed by atoms with Crippen LogP contribution in [0, 0.1) is 6.07 Å². The molecule has 0 aliphatic heterocycles. The molecule has 4 nitrogen and oxygen atoms in total. The molecule has 0 fully saturated rings. The summed E-state index contributed by atoms with van der Waals surface area (Å²) in [6.07, 6.45) is 1.81. The van der Waals surface area contributed by atoms with Crippen molar-refractivity contribution >= 4 is 55.2 Å². The number of hydrogen-bond acceptors (Lipinski definition) is 4. The maximum absolute atomic E-state index is 10.7. The molecular weight excluding hydrogens is 645 g/mol. The van der Waals surface area contributed by atoms with Gasteiger partial charge < -0.3 is 9.67 Å². The molecule has 176 valence electrons. The first-order valence-corrected chi connectivity index (χ1v) is 12.1. The molecule has 4 aromatic carbocycles. The summed E-state index contributed by atoms with van der Waals surface area (Å²) in [5.41, 5.74) is 2.68. The third kappa shape index (κ3) is 3.67. The second kappa shape index (κ2) is 9.09. The molecule has 0 aliphatic rings. The van der Waals surface area contributed by atoms with Gasteiger partial charge in [0.2, 0.25) is 0 Å². The van der Waals surface area contributed by atoms with Crippen LogP contribution in [0.15, 0.2) is 113 Å². The second-order valence-corrected chi connectivity index (χ2v) is 9.45. The molecule has 0 amide bonds. The molecule has 6 heteroatoms. The van der Waals surface area contributed by atoms with Gasteiger partial charge in [0.15, 0.2) is 0 Å². The van der Waals surface area contributed by atoms with Crippen LogP contribution in [0.25, 0.3) is 49.3 Å². The molecule has 0 unspecified atom stereocenters. The van der Waals surface area contributed by atoms with Gasteiger partial charge in [-0.1, -0.05) is 70.7 Å². The van der Waals surface area contributed by atoms with Crippen molar-refractivity contribution in [2.24, 2.45) is 0 Å². The molecule has 0 atom stereocenters. The molecule has 0 saturated carbocycles. The van der Waals surface area contributed by atoms with Crippen LogP contribution in [0.5, 0.6) is 5.75 Å². The number of aromatic nitrogens is 3. The quantitative estimate of drug-likeness (QED) is 0.157. The summed E-state index contributed by atoms with van der Waals surface area (Å²) >= 11 is 1.53. The van der Waals surface area contributed by atoms with Crippen LogP contribution < -0.4 is 0 Å². The Kier molecular flexibility index (Phi) is 5.75. The van der Waals surface area contributed by atoms with Gasteiger partial charge in [0.1, 0.15) is 17.1 Å². The van der Waals surface area contributed by atoms with Crippen LogP contribution in [0.3, 0.4) is 0 Å². The van der Waals surface area contributed by atoms with Gasteiger partial charge in [-0.15, -0.1) is 11.5 Å². The van der Waals surface area contributed by atoms with E-state index in [-0.39, 0.29) is 26.8 Å². The van der Waals surface area contributed by atoms with Crippen LogP contribution >= 0.6 is 11.8 Å². The summed E-state index contributed by atoms with van der Waals surface area (Å²) in [5.74, 6) is 1.05. The normalized spacial score (nSPS) is 11.3. The van der Waals surface area contributed by atoms with Crippen molar-refractivity contribution in [3.63, 3.8) is 0 Å². The second-order valence-electron chi connectivity index (χ2n) is 8.39. The Labute approximate surface area is 225 Å². The molecule has 0 bridgehead atoms. The zero-order chi connectivity index (χ0) is 23.4. The number of fused-ring (bicyclic) bond motifs is 6. The molecule has 36 heavy (non-hydrogen) atoms. The van der Waals surface area contributed by atoms with Crippen molar-refractivity contribution in [1.29, 1.82) is 0 Å². The number of aromatic hydroxyl groups is 1. The molecule has 0 spiro atoms. The van der Waals surface area contributed by atoms with Gasteiger partial charge in [-0.3, -0.25) is 0 Å². The average Bonchev–Trinajstić information content (AvgIpc) is 3.23. The van der Waals surface area contributed by atoms with Crippen molar-refractivity contribution in [3.8, 4) is 11.6 Å². The van der Waals surface area contributed by atoms with E-state index in [1.54, 1.807) is 6.07 Å². The molecule has 7 aromatic rings. The number of hydrogen-bond donors (Lipinski definition) is 1. The molecule has 1 N–H and O–H groups in total. The number of para-hydroxylation sites is 1. The fraction of sp³-hybridized carbons (Fsp3) is 0. The SMILES string of the molecule is Oc1cc2ccccc2c2ccc(Sc3[c-]c4c(cc3)c3ccccc3n4-c3ccccn3)nc12.[Pt]. The van der Waals surface area contributed by atoms with E-state index >= 15 is 0 Å². The van der Waals surface area contributed by atoms with Gasteiger partial charge in [0.25, 0.3) is 0 Å². The van der Waals surface area contributed by atoms with E-state index in [4.69, 9.17) is 4.98 Å². The standard InChI is InChI=1S/C30H18N3OS.Pt/c34-27-17-19-7-1-2-8-21(19)24-14-15-29(32-30(24)27)35-20-12-13-23-22-9-3-4-10-25(22)33(26(23)18-20)28-11-5-6-16-31-28;/h1-17,34H;/q-1;. The number of phenols is 1. The minimum atomic E-state index is 0. The van der Waals surface area contributed by atoms with E-state index in [9.17, 15) is 5.11 Å². The van der Waals surface area contributed by atoms with Crippen LogP contribution in [0.2, 0.25) is 0 Å². The molecule has 3 aromatic heterocycles. The van der Waals surface area contributed by atoms with Crippen LogP contribution in [0.1, 0.15) is 0 Å². The fourth-order valence-electron chi connectivity index (χ4n) is 4.76. The van der Waals surface area contributed by atoms with Crippen molar-refractivity contribution in [2.75, 3.05) is 0 Å². The molecule has 0 radical (unpaired) electrons. The zero-order valence-electron chi connectivity index (χ0n) is 18.8. The van der Waals surface area contributed by atoms with Crippen molar-refractivity contribution in [3.05, 3.63) is 109 Å². The minimum Gasteiger partial charge on any atom is -0.506 e. The van der Waals surface area contributed by atoms with Crippen molar-refractivity contribution in [2.45, 2.75) is 9.92 Å². The first-order valence-electron chi connectivity index (χ1n) is 11.3. The van der Waals surface area contributed by atoms with E-state index in [2.05, 4.69) is 52.0 Å². The molecule has 0 aliphatic carbocycles. The largest absolute Gasteiger partial charge is 0.506 e. The van der Waals surface area contributed by atoms with Gasteiger partial charge in [-0.25, -0.2) is 9.97 Å². The van der Waals surface area contributed by atoms with Crippen LogP contribution in [0.4, 0.5) is 0 Å². The van der Waals surface area contributed by atoms with E-state index in [1.807, 2.05) is 60.8 Å². The van der Waals surface area contributed by atoms with Gasteiger partial charge in [0.05, 0.1) is 5.03 Å². The Morgan fingerprint density at radius 2 is 1.53 bits per heavy atom. The Balaban J connectivity index is 0.00000240. The van der Waals surface area contributed by atoms with Gasteiger partial charge in [-0.05, 0) is 52.6 Å². The average molecular weight is 664 g/mol. The predicted molar refractivity (Wildman–Crippen MR) is 142 cm³/mol. The first-order chi connectivity index (χ1) is 17.3. The Morgan fingerprint density at radius 3 is 2.39 bits per heavy atom. The van der Waals surface area contributed by atoms with Gasteiger partial charge in [-0.2, -0.15) is 12.1 Å². The number of rotatable bonds is 3. The molecule has 0 saturated heterocycles. The maximum atomic E-state index is 10.7. The van der Waals surface area contributed by atoms with E-state index in [0.717, 1.165) is 48.3 Å². The van der Waals surface area contributed by atoms with Crippen LogP contribution in [-0.4, -0.2) is 19.6 Å². The summed E-state index contributed by atoms with van der Waals surface area (Å²) < 4.78 is 2.15. The van der Waals surface area contributed by atoms with Gasteiger partial charge in [0, 0.05) is 38.2 Å². The van der Waals surface area contributed by atoms with Gasteiger partial charge >= 0.3 is 0 Å². The Bertz CT molecular complexity index is 1900. The molecular formula is C30H18N3OPtS-. The number of benzene rings is 4. The van der Waals surface area contributed by atoms with Crippen LogP contribution in [-0.2, 0) is 21.1 Å². The smallest absolute Gasteiger partial charge is 0.142 e. The minimum absolute atomic E-state index is 0. The number of nitrogens with zero attached hydrogens (tertiary/aromatic N) is 3. The summed E-state index contributed by atoms with van der Waals surface area (Å²) in [5, 5.41) is 16.8. The molecule has 7 rings (SSSR count). The third-order valence-corrected chi connectivity index (χ3v) is 7.20. The summed E-state index contributed by atoms with van der Waals surface area (Å²) in [7, 11) is 0. The predicted octanol–water partition coefficient (Wildman–Crippen LogP) is 7.53.